The molecule has 0 aromatic heterocycles. The van der Waals surface area contributed by atoms with Crippen molar-refractivity contribution < 1.29 is 97.3 Å². The Morgan fingerprint density at radius 3 is 0.780 bits per heavy atom. The van der Waals surface area contributed by atoms with Crippen LogP contribution in [-0.2, 0) is 11.8 Å². The quantitative estimate of drug-likeness (QED) is 0.157. The summed E-state index contributed by atoms with van der Waals surface area (Å²) in [4.78, 5) is 0. The van der Waals surface area contributed by atoms with Crippen molar-refractivity contribution in [2.24, 2.45) is 0 Å². The van der Waals surface area contributed by atoms with Gasteiger partial charge in [-0.1, -0.05) is 0 Å². The van der Waals surface area contributed by atoms with Crippen molar-refractivity contribution in [1.82, 2.24) is 0 Å². The highest BCUT2D eigenvalue weighted by Gasteiger charge is 2.97. The lowest BCUT2D eigenvalue weighted by Gasteiger charge is -2.45. The third-order valence-electron chi connectivity index (χ3n) is 7.41. The van der Waals surface area contributed by atoms with Crippen molar-refractivity contribution in [3.8, 4) is 11.5 Å². The molecule has 2 aromatic rings. The predicted octanol–water partition coefficient (Wildman–Crippen LogP) is 9.45. The van der Waals surface area contributed by atoms with Crippen LogP contribution in [-0.4, -0.2) is 61.6 Å². The Bertz CT molecular complexity index is 1490. The molecule has 0 bridgehead atoms. The van der Waals surface area contributed by atoms with Gasteiger partial charge in [-0.25, -0.2) is 0 Å². The number of benzene rings is 2. The Balaban J connectivity index is 2.78. The molecule has 0 heterocycles. The smallest absolute Gasteiger partial charge is 0.385 e. The van der Waals surface area contributed by atoms with E-state index < -0.39 is 104 Å². The molecule has 4 nitrogen and oxygen atoms in total. The van der Waals surface area contributed by atoms with Crippen molar-refractivity contribution in [1.29, 1.82) is 0 Å². The second-order valence-electron chi connectivity index (χ2n) is 10.6. The average Bonchev–Trinajstić information content (AvgIpc) is 2.98. The van der Waals surface area contributed by atoms with Crippen molar-refractivity contribution in [2.75, 3.05) is 25.7 Å². The third-order valence-corrected chi connectivity index (χ3v) is 7.41. The van der Waals surface area contributed by atoms with E-state index in [1.807, 2.05) is 0 Å². The number of anilines is 2. The molecule has 286 valence electrons. The molecule has 0 aliphatic rings. The van der Waals surface area contributed by atoms with Gasteiger partial charge in [0.2, 0.25) is 0 Å². The van der Waals surface area contributed by atoms with Crippen LogP contribution in [0, 0.1) is 13.8 Å². The molecule has 0 aliphatic heterocycles. The van der Waals surface area contributed by atoms with E-state index in [1.165, 1.54) is 0 Å². The summed E-state index contributed by atoms with van der Waals surface area (Å²) in [5.74, 6) is -85.8. The normalized spacial score (nSPS) is 15.0. The van der Waals surface area contributed by atoms with Crippen LogP contribution in [0.5, 0.6) is 11.5 Å². The van der Waals surface area contributed by atoms with Gasteiger partial charge in [-0.3, -0.25) is 0 Å². The standard InChI is InChI=1S/C26H20F20N2O2/c1-9-5-11(7-13(49-3)15(9)47)17(27,28)19(31,32)21(35,36)23(39,40)25(43,44)26(45,46)24(41,42)22(37,38)20(33,34)18(29,30)12-6-10(2)16(48)14(8-12)50-4/h5-8H,47-48H2,1-4H3. The minimum absolute atomic E-state index is 0.248. The SMILES string of the molecule is COc1cc(C(F)(F)C(F)(F)C(F)(F)C(F)(F)C(F)(F)C(F)(F)C(F)(F)C(F)(F)C(F)(F)C(F)(F)c2cc(C)c(N)c(OC)c2)cc(C)c1N. The summed E-state index contributed by atoms with van der Waals surface area (Å²) >= 11 is 0. The van der Waals surface area contributed by atoms with Gasteiger partial charge < -0.3 is 20.9 Å². The highest BCUT2D eigenvalue weighted by atomic mass is 19.4. The summed E-state index contributed by atoms with van der Waals surface area (Å²) in [6.45, 7) is 1.37. The van der Waals surface area contributed by atoms with Crippen LogP contribution in [0.15, 0.2) is 24.3 Å². The topological polar surface area (TPSA) is 70.5 Å². The lowest BCUT2D eigenvalue weighted by atomic mass is 9.83. The summed E-state index contributed by atoms with van der Waals surface area (Å²) in [6.07, 6.45) is 0. The number of nitrogens with two attached hydrogens (primary N) is 2. The number of alkyl halides is 20. The van der Waals surface area contributed by atoms with E-state index in [2.05, 4.69) is 9.47 Å². The highest BCUT2D eigenvalue weighted by Crippen LogP contribution is 2.67. The molecule has 0 saturated carbocycles. The average molecular weight is 772 g/mol. The third kappa shape index (κ3) is 5.27. The van der Waals surface area contributed by atoms with Crippen molar-refractivity contribution in [2.45, 2.75) is 73.1 Å². The van der Waals surface area contributed by atoms with Crippen LogP contribution in [0.25, 0.3) is 0 Å². The number of ether oxygens (including phenoxy) is 2. The van der Waals surface area contributed by atoms with Gasteiger partial charge in [-0.15, -0.1) is 0 Å². The number of aryl methyl sites for hydroxylation is 2. The van der Waals surface area contributed by atoms with Crippen molar-refractivity contribution in [3.63, 3.8) is 0 Å². The van der Waals surface area contributed by atoms with Crippen LogP contribution < -0.4 is 20.9 Å². The molecule has 50 heavy (non-hydrogen) atoms. The summed E-state index contributed by atoms with van der Waals surface area (Å²) in [5, 5.41) is 0. The number of methoxy groups -OCH3 is 2. The lowest BCUT2D eigenvalue weighted by Crippen LogP contribution is -2.76. The summed E-state index contributed by atoms with van der Waals surface area (Å²) < 4.78 is 299. The first kappa shape index (κ1) is 42.4. The molecule has 0 saturated heterocycles. The predicted molar refractivity (Wildman–Crippen MR) is 132 cm³/mol. The molecule has 2 aromatic carbocycles. The van der Waals surface area contributed by atoms with E-state index in [0.717, 1.165) is 0 Å². The van der Waals surface area contributed by atoms with Gasteiger partial charge in [0.25, 0.3) is 0 Å². The monoisotopic (exact) mass is 772 g/mol. The highest BCUT2D eigenvalue weighted by molar-refractivity contribution is 5.61. The maximum absolute atomic E-state index is 14.7. The molecule has 0 spiro atoms. The first-order chi connectivity index (χ1) is 22.0. The summed E-state index contributed by atoms with van der Waals surface area (Å²) in [7, 11) is 1.19. The van der Waals surface area contributed by atoms with Gasteiger partial charge in [0.15, 0.2) is 0 Å². The fraction of sp³-hybridized carbons (Fsp3) is 0.538. The van der Waals surface area contributed by atoms with E-state index in [-0.39, 0.29) is 24.3 Å². The molecule has 0 atom stereocenters. The molecular weight excluding hydrogens is 752 g/mol. The largest absolute Gasteiger partial charge is 0.495 e. The van der Waals surface area contributed by atoms with Gasteiger partial charge >= 0.3 is 59.2 Å². The fourth-order valence-corrected chi connectivity index (χ4v) is 4.17. The van der Waals surface area contributed by atoms with Gasteiger partial charge in [0, 0.05) is 11.1 Å². The lowest BCUT2D eigenvalue weighted by molar-refractivity contribution is -0.470. The van der Waals surface area contributed by atoms with Crippen LogP contribution in [0.4, 0.5) is 99.2 Å². The molecule has 2 rings (SSSR count). The van der Waals surface area contributed by atoms with Crippen LogP contribution in [0.3, 0.4) is 0 Å². The van der Waals surface area contributed by atoms with Crippen LogP contribution >= 0.6 is 0 Å². The number of nitrogen functional groups attached to an aromatic ring is 2. The zero-order valence-corrected chi connectivity index (χ0v) is 24.8. The summed E-state index contributed by atoms with van der Waals surface area (Å²) in [6, 6.07) is -1.21. The minimum atomic E-state index is -9.16. The molecule has 0 fully saturated rings. The number of hydrogen-bond acceptors (Lipinski definition) is 4. The Morgan fingerprint density at radius 2 is 0.580 bits per heavy atom. The van der Waals surface area contributed by atoms with Crippen molar-refractivity contribution in [3.05, 3.63) is 46.5 Å². The Kier molecular flexibility index (Phi) is 10.1. The molecule has 0 radical (unpaired) electrons. The van der Waals surface area contributed by atoms with Gasteiger partial charge in [-0.05, 0) is 49.2 Å². The zero-order valence-electron chi connectivity index (χ0n) is 24.8. The Labute approximate surface area is 266 Å². The zero-order chi connectivity index (χ0) is 39.9. The van der Waals surface area contributed by atoms with Crippen LogP contribution in [0.2, 0.25) is 0 Å². The first-order valence-corrected chi connectivity index (χ1v) is 12.6. The number of hydrogen-bond donors (Lipinski definition) is 2. The van der Waals surface area contributed by atoms with E-state index in [1.54, 1.807) is 0 Å². The molecule has 24 heteroatoms. The van der Waals surface area contributed by atoms with Gasteiger partial charge in [0.1, 0.15) is 11.5 Å². The van der Waals surface area contributed by atoms with E-state index >= 15 is 0 Å². The van der Waals surface area contributed by atoms with E-state index in [4.69, 9.17) is 11.5 Å². The van der Waals surface area contributed by atoms with Crippen LogP contribution in [0.1, 0.15) is 22.3 Å². The number of rotatable bonds is 13. The maximum atomic E-state index is 14.7. The second-order valence-corrected chi connectivity index (χ2v) is 10.6. The van der Waals surface area contributed by atoms with Crippen molar-refractivity contribution >= 4 is 11.4 Å². The second kappa shape index (κ2) is 11.9. The molecule has 0 amide bonds. The summed E-state index contributed by atoms with van der Waals surface area (Å²) in [5.41, 5.74) is 2.67. The Hall–Kier alpha value is -3.76. The molecular formula is C26H20F20N2O2. The van der Waals surface area contributed by atoms with E-state index in [9.17, 15) is 87.8 Å². The maximum Gasteiger partial charge on any atom is 0.385 e. The Morgan fingerprint density at radius 1 is 0.380 bits per heavy atom. The fourth-order valence-electron chi connectivity index (χ4n) is 4.17. The molecule has 0 aliphatic carbocycles. The molecule has 0 unspecified atom stereocenters. The van der Waals surface area contributed by atoms with Gasteiger partial charge in [-0.2, -0.15) is 87.8 Å². The number of halogens is 20. The minimum Gasteiger partial charge on any atom is -0.495 e. The van der Waals surface area contributed by atoms with Gasteiger partial charge in [0.05, 0.1) is 25.6 Å². The first-order valence-electron chi connectivity index (χ1n) is 12.6. The van der Waals surface area contributed by atoms with E-state index in [0.29, 0.717) is 28.1 Å². The molecule has 4 N–H and O–H groups in total.